The quantitative estimate of drug-likeness (QED) is 0.706. The van der Waals surface area contributed by atoms with Crippen molar-refractivity contribution in [1.29, 1.82) is 0 Å². The molecule has 0 unspecified atom stereocenters. The second-order valence-electron chi connectivity index (χ2n) is 2.08. The number of allylic oxidation sites excluding steroid dienone is 1. The normalized spacial score (nSPS) is 16.8. The third-order valence-corrected chi connectivity index (χ3v) is 5.47. The molecular formula is C6H2BrClFIN2. The van der Waals surface area contributed by atoms with Crippen LogP contribution in [0.2, 0.25) is 0 Å². The van der Waals surface area contributed by atoms with Crippen molar-refractivity contribution < 1.29 is 4.39 Å². The van der Waals surface area contributed by atoms with Gasteiger partial charge in [0.15, 0.2) is 3.76 Å². The van der Waals surface area contributed by atoms with Crippen molar-refractivity contribution in [1.82, 2.24) is 10.2 Å². The summed E-state index contributed by atoms with van der Waals surface area (Å²) in [5.74, 6) is 0. The average Bonchev–Trinajstić information content (AvgIpc) is 2.48. The summed E-state index contributed by atoms with van der Waals surface area (Å²) in [6.07, 6.45) is 1.65. The zero-order valence-electron chi connectivity index (χ0n) is 5.54. The summed E-state index contributed by atoms with van der Waals surface area (Å²) in [6, 6.07) is 0. The first kappa shape index (κ1) is 8.83. The molecule has 1 N–H and O–H groups in total. The summed E-state index contributed by atoms with van der Waals surface area (Å²) in [5, 5.41) is 6.77. The SMILES string of the molecule is FC1=Ic2[nH]ncc2C(Br)=C1Cl. The maximum atomic E-state index is 13.1. The highest BCUT2D eigenvalue weighted by Crippen LogP contribution is 2.38. The molecule has 1 aromatic rings. The molecular weight excluding hydrogens is 361 g/mol. The molecule has 2 nitrogen and oxygen atoms in total. The predicted molar refractivity (Wildman–Crippen MR) is 59.1 cm³/mol. The molecule has 0 aromatic carbocycles. The fourth-order valence-corrected chi connectivity index (χ4v) is 4.32. The number of aromatic nitrogens is 2. The van der Waals surface area contributed by atoms with Crippen LogP contribution >= 0.6 is 48.3 Å². The minimum atomic E-state index is -0.785. The van der Waals surface area contributed by atoms with E-state index >= 15 is 0 Å². The van der Waals surface area contributed by atoms with Gasteiger partial charge in [0.25, 0.3) is 0 Å². The number of hydrogen-bond donors (Lipinski definition) is 1. The van der Waals surface area contributed by atoms with Crippen molar-refractivity contribution in [2.45, 2.75) is 0 Å². The Morgan fingerprint density at radius 1 is 1.67 bits per heavy atom. The lowest BCUT2D eigenvalue weighted by Gasteiger charge is -2.05. The van der Waals surface area contributed by atoms with E-state index in [0.717, 1.165) is 9.26 Å². The van der Waals surface area contributed by atoms with Crippen LogP contribution in [0, 0.1) is 3.70 Å². The van der Waals surface area contributed by atoms with Crippen LogP contribution in [-0.2, 0) is 0 Å². The Morgan fingerprint density at radius 3 is 3.17 bits per heavy atom. The van der Waals surface area contributed by atoms with Crippen molar-refractivity contribution in [2.75, 3.05) is 0 Å². The minimum Gasteiger partial charge on any atom is -0.272 e. The monoisotopic (exact) mass is 362 g/mol. The molecule has 0 fully saturated rings. The smallest absolute Gasteiger partial charge is 0.176 e. The fourth-order valence-electron chi connectivity index (χ4n) is 0.821. The van der Waals surface area contributed by atoms with Crippen LogP contribution in [0.3, 0.4) is 0 Å². The Morgan fingerprint density at radius 2 is 2.42 bits per heavy atom. The average molecular weight is 363 g/mol. The van der Waals surface area contributed by atoms with Crippen molar-refractivity contribution in [3.8, 4) is 0 Å². The van der Waals surface area contributed by atoms with Crippen LogP contribution in [-0.4, -0.2) is 14.0 Å². The van der Waals surface area contributed by atoms with Gasteiger partial charge in [-0.2, -0.15) is 9.49 Å². The van der Waals surface area contributed by atoms with E-state index in [-0.39, 0.29) is 8.79 Å². The number of rotatable bonds is 0. The number of fused-ring (bicyclic) bond motifs is 1. The highest BCUT2D eigenvalue weighted by molar-refractivity contribution is 14.2. The molecule has 2 rings (SSSR count). The van der Waals surface area contributed by atoms with Gasteiger partial charge in [-0.1, -0.05) is 11.6 Å². The molecule has 1 aliphatic heterocycles. The van der Waals surface area contributed by atoms with Crippen LogP contribution in [0.1, 0.15) is 5.56 Å². The Bertz CT molecular complexity index is 398. The van der Waals surface area contributed by atoms with Crippen molar-refractivity contribution in [3.05, 3.63) is 20.5 Å². The summed E-state index contributed by atoms with van der Waals surface area (Å²) in [5.41, 5.74) is 0.884. The number of hydrogen-bond acceptors (Lipinski definition) is 1. The van der Waals surface area contributed by atoms with Crippen LogP contribution < -0.4 is 0 Å². The van der Waals surface area contributed by atoms with E-state index < -0.39 is 20.7 Å². The molecule has 1 aliphatic rings. The summed E-state index contributed by atoms with van der Waals surface area (Å²) in [7, 11) is 0. The van der Waals surface area contributed by atoms with Gasteiger partial charge in [0, 0.05) is 5.56 Å². The second kappa shape index (κ2) is 3.19. The zero-order chi connectivity index (χ0) is 8.72. The van der Waals surface area contributed by atoms with Crippen LogP contribution in [0.15, 0.2) is 11.2 Å². The third kappa shape index (κ3) is 1.27. The van der Waals surface area contributed by atoms with Gasteiger partial charge in [-0.25, -0.2) is 0 Å². The van der Waals surface area contributed by atoms with Crippen LogP contribution in [0.5, 0.6) is 0 Å². The zero-order valence-corrected chi connectivity index (χ0v) is 10.0. The van der Waals surface area contributed by atoms with Crippen LogP contribution in [0.25, 0.3) is 4.48 Å². The van der Waals surface area contributed by atoms with Gasteiger partial charge in [0.1, 0.15) is 3.70 Å². The Kier molecular flexibility index (Phi) is 2.35. The fraction of sp³-hybridized carbons (Fsp3) is 0. The summed E-state index contributed by atoms with van der Waals surface area (Å²) >= 11 is 8.14. The molecule has 0 atom stereocenters. The third-order valence-electron chi connectivity index (χ3n) is 1.37. The molecule has 64 valence electrons. The summed E-state index contributed by atoms with van der Waals surface area (Å²) < 4.78 is 14.3. The maximum Gasteiger partial charge on any atom is 0.176 e. The molecule has 6 heteroatoms. The van der Waals surface area contributed by atoms with E-state index in [1.165, 1.54) is 0 Å². The number of H-pyrrole nitrogens is 1. The first-order valence-corrected chi connectivity index (χ1v) is 6.29. The Balaban J connectivity index is 2.71. The van der Waals surface area contributed by atoms with E-state index in [1.807, 2.05) is 0 Å². The van der Waals surface area contributed by atoms with E-state index in [4.69, 9.17) is 11.6 Å². The highest BCUT2D eigenvalue weighted by Gasteiger charge is 2.19. The molecule has 0 saturated heterocycles. The molecule has 0 aliphatic carbocycles. The van der Waals surface area contributed by atoms with Gasteiger partial charge >= 0.3 is 0 Å². The Hall–Kier alpha value is 0.250. The molecule has 12 heavy (non-hydrogen) atoms. The van der Waals surface area contributed by atoms with Gasteiger partial charge in [-0.05, 0) is 36.7 Å². The van der Waals surface area contributed by atoms with E-state index in [2.05, 4.69) is 26.1 Å². The number of aromatic amines is 1. The summed E-state index contributed by atoms with van der Waals surface area (Å²) in [6.45, 7) is 0. The molecule has 0 bridgehead atoms. The topological polar surface area (TPSA) is 28.7 Å². The first-order valence-electron chi connectivity index (χ1n) is 2.97. The number of nitrogens with zero attached hydrogens (tertiary/aromatic N) is 1. The lowest BCUT2D eigenvalue weighted by molar-refractivity contribution is 0.837. The standard InChI is InChI=1S/C6H2BrClFIN2/c7-3-2-1-11-12-6(2)10-5(9)4(3)8/h1H,(H,11,12). The van der Waals surface area contributed by atoms with Crippen molar-refractivity contribution in [2.24, 2.45) is 0 Å². The van der Waals surface area contributed by atoms with Gasteiger partial charge in [0.2, 0.25) is 0 Å². The van der Waals surface area contributed by atoms with Crippen molar-refractivity contribution in [3.63, 3.8) is 0 Å². The molecule has 1 aromatic heterocycles. The molecule has 2 heterocycles. The largest absolute Gasteiger partial charge is 0.272 e. The molecule has 0 spiro atoms. The second-order valence-corrected chi connectivity index (χ2v) is 5.82. The van der Waals surface area contributed by atoms with Gasteiger partial charge in [0.05, 0.1) is 15.7 Å². The van der Waals surface area contributed by atoms with E-state index in [0.29, 0.717) is 4.48 Å². The van der Waals surface area contributed by atoms with E-state index in [9.17, 15) is 4.39 Å². The van der Waals surface area contributed by atoms with Crippen LogP contribution in [0.4, 0.5) is 4.39 Å². The van der Waals surface area contributed by atoms with Gasteiger partial charge < -0.3 is 0 Å². The number of halogens is 4. The van der Waals surface area contributed by atoms with E-state index in [1.54, 1.807) is 6.20 Å². The minimum absolute atomic E-state index is 0.191. The lowest BCUT2D eigenvalue weighted by Crippen LogP contribution is -1.95. The summed E-state index contributed by atoms with van der Waals surface area (Å²) in [4.78, 5) is 0. The predicted octanol–water partition coefficient (Wildman–Crippen LogP) is 2.97. The molecule has 0 radical (unpaired) electrons. The molecule has 0 amide bonds. The lowest BCUT2D eigenvalue weighted by atomic mass is 10.3. The maximum absolute atomic E-state index is 13.1. The number of nitrogens with one attached hydrogen (secondary N) is 1. The first-order chi connectivity index (χ1) is 5.70. The molecule has 0 saturated carbocycles. The van der Waals surface area contributed by atoms with Crippen molar-refractivity contribution >= 4 is 56.5 Å². The van der Waals surface area contributed by atoms with Gasteiger partial charge in [-0.15, -0.1) is 0 Å². The van der Waals surface area contributed by atoms with Gasteiger partial charge in [-0.3, -0.25) is 5.10 Å². The Labute approximate surface area is 91.1 Å². The highest BCUT2D eigenvalue weighted by atomic mass is 127.